The van der Waals surface area contributed by atoms with Crippen molar-refractivity contribution >= 4 is 38.3 Å². The van der Waals surface area contributed by atoms with E-state index >= 15 is 0 Å². The van der Waals surface area contributed by atoms with Gasteiger partial charge in [0, 0.05) is 12.1 Å². The number of thiazole rings is 1. The van der Waals surface area contributed by atoms with Gasteiger partial charge >= 0.3 is 0 Å². The molecular formula is C12H10BrN3OS. The molecule has 3 rings (SSSR count). The minimum absolute atomic E-state index is 0.223. The lowest BCUT2D eigenvalue weighted by Gasteiger charge is -1.99. The number of hydrogen-bond donors (Lipinski definition) is 1. The van der Waals surface area contributed by atoms with E-state index in [0.29, 0.717) is 16.7 Å². The molecule has 0 aliphatic heterocycles. The predicted octanol–water partition coefficient (Wildman–Crippen LogP) is 3.43. The van der Waals surface area contributed by atoms with E-state index in [1.165, 1.54) is 24.2 Å². The lowest BCUT2D eigenvalue weighted by Crippen LogP contribution is -2.13. The number of halogens is 1. The summed E-state index contributed by atoms with van der Waals surface area (Å²) >= 11 is 4.94. The number of anilines is 1. The molecule has 0 radical (unpaired) electrons. The maximum absolute atomic E-state index is 11.9. The number of hydrogen-bond acceptors (Lipinski definition) is 4. The van der Waals surface area contributed by atoms with Crippen molar-refractivity contribution in [3.8, 4) is 0 Å². The lowest BCUT2D eigenvalue weighted by molar-refractivity contribution is 0.102. The standard InChI is InChI=1S/C12H10BrN3OS/c13-10-9(7-4-5-7)15-12(18-10)16-11(17)8-3-1-2-6-14-8/h1-3,6-7H,4-5H2,(H,15,16,17). The maximum atomic E-state index is 11.9. The van der Waals surface area contributed by atoms with Crippen LogP contribution < -0.4 is 5.32 Å². The van der Waals surface area contributed by atoms with E-state index in [0.717, 1.165) is 9.48 Å². The van der Waals surface area contributed by atoms with E-state index < -0.39 is 0 Å². The second kappa shape index (κ2) is 4.78. The molecule has 2 aromatic heterocycles. The van der Waals surface area contributed by atoms with Crippen LogP contribution in [0.3, 0.4) is 0 Å². The molecule has 2 aromatic rings. The molecule has 4 nitrogen and oxygen atoms in total. The number of aromatic nitrogens is 2. The van der Waals surface area contributed by atoms with Gasteiger partial charge in [-0.15, -0.1) is 0 Å². The van der Waals surface area contributed by atoms with Gasteiger partial charge in [0.15, 0.2) is 5.13 Å². The van der Waals surface area contributed by atoms with Gasteiger partial charge in [-0.1, -0.05) is 17.4 Å². The first-order valence-corrected chi connectivity index (χ1v) is 7.23. The molecule has 0 spiro atoms. The minimum atomic E-state index is -0.223. The molecule has 0 unspecified atom stereocenters. The Kier molecular flexibility index (Phi) is 3.13. The fourth-order valence-corrected chi connectivity index (χ4v) is 3.28. The SMILES string of the molecule is O=C(Nc1nc(C2CC2)c(Br)s1)c1ccccn1. The topological polar surface area (TPSA) is 54.9 Å². The largest absolute Gasteiger partial charge is 0.296 e. The predicted molar refractivity (Wildman–Crippen MR) is 74.0 cm³/mol. The smallest absolute Gasteiger partial charge is 0.276 e. The molecule has 0 bridgehead atoms. The molecule has 0 saturated heterocycles. The van der Waals surface area contributed by atoms with Crippen molar-refractivity contribution in [2.45, 2.75) is 18.8 Å². The first kappa shape index (κ1) is 11.8. The average molecular weight is 324 g/mol. The number of carbonyl (C=O) groups is 1. The van der Waals surface area contributed by atoms with Gasteiger partial charge in [-0.2, -0.15) is 0 Å². The van der Waals surface area contributed by atoms with Crippen LogP contribution >= 0.6 is 27.3 Å². The summed E-state index contributed by atoms with van der Waals surface area (Å²) in [6.07, 6.45) is 3.98. The Morgan fingerprint density at radius 2 is 2.28 bits per heavy atom. The summed E-state index contributed by atoms with van der Waals surface area (Å²) in [6.45, 7) is 0. The van der Waals surface area contributed by atoms with Crippen LogP contribution in [0.5, 0.6) is 0 Å². The summed E-state index contributed by atoms with van der Waals surface area (Å²) in [5, 5.41) is 3.40. The van der Waals surface area contributed by atoms with Crippen molar-refractivity contribution in [1.29, 1.82) is 0 Å². The van der Waals surface area contributed by atoms with Gasteiger partial charge in [-0.25, -0.2) is 4.98 Å². The fourth-order valence-electron chi connectivity index (χ4n) is 1.63. The Hall–Kier alpha value is -1.27. The van der Waals surface area contributed by atoms with E-state index in [1.54, 1.807) is 24.4 Å². The summed E-state index contributed by atoms with van der Waals surface area (Å²) in [5.41, 5.74) is 1.47. The van der Waals surface area contributed by atoms with Crippen LogP contribution in [-0.2, 0) is 0 Å². The van der Waals surface area contributed by atoms with Crippen molar-refractivity contribution in [1.82, 2.24) is 9.97 Å². The molecule has 1 amide bonds. The number of nitrogens with zero attached hydrogens (tertiary/aromatic N) is 2. The summed E-state index contributed by atoms with van der Waals surface area (Å²) < 4.78 is 1.02. The second-order valence-electron chi connectivity index (χ2n) is 4.12. The maximum Gasteiger partial charge on any atom is 0.276 e. The monoisotopic (exact) mass is 323 g/mol. The summed E-state index contributed by atoms with van der Waals surface area (Å²) in [7, 11) is 0. The number of nitrogens with one attached hydrogen (secondary N) is 1. The number of carbonyl (C=O) groups excluding carboxylic acids is 1. The molecule has 1 aliphatic rings. The molecule has 1 aliphatic carbocycles. The average Bonchev–Trinajstić information content (AvgIpc) is 3.15. The first-order chi connectivity index (χ1) is 8.74. The third-order valence-corrected chi connectivity index (χ3v) is 4.36. The molecule has 1 N–H and O–H groups in total. The Morgan fingerprint density at radius 1 is 1.44 bits per heavy atom. The van der Waals surface area contributed by atoms with Crippen molar-refractivity contribution < 1.29 is 4.79 Å². The van der Waals surface area contributed by atoms with Crippen molar-refractivity contribution in [3.63, 3.8) is 0 Å². The highest BCUT2D eigenvalue weighted by molar-refractivity contribution is 9.11. The molecule has 18 heavy (non-hydrogen) atoms. The molecule has 0 aromatic carbocycles. The Morgan fingerprint density at radius 3 is 2.94 bits per heavy atom. The molecule has 6 heteroatoms. The van der Waals surface area contributed by atoms with Crippen LogP contribution in [0.25, 0.3) is 0 Å². The normalized spacial score (nSPS) is 14.5. The molecule has 1 fully saturated rings. The van der Waals surface area contributed by atoms with Crippen molar-refractivity contribution in [2.75, 3.05) is 5.32 Å². The highest BCUT2D eigenvalue weighted by Crippen LogP contribution is 2.45. The van der Waals surface area contributed by atoms with Gasteiger partial charge in [0.25, 0.3) is 5.91 Å². The van der Waals surface area contributed by atoms with Gasteiger partial charge in [0.05, 0.1) is 9.48 Å². The van der Waals surface area contributed by atoms with Crippen LogP contribution in [0.15, 0.2) is 28.2 Å². The van der Waals surface area contributed by atoms with Gasteiger partial charge in [-0.05, 0) is 40.9 Å². The van der Waals surface area contributed by atoms with Crippen LogP contribution in [0.4, 0.5) is 5.13 Å². The van der Waals surface area contributed by atoms with Gasteiger partial charge in [0.2, 0.25) is 0 Å². The van der Waals surface area contributed by atoms with E-state index in [9.17, 15) is 4.79 Å². The van der Waals surface area contributed by atoms with E-state index in [2.05, 4.69) is 31.2 Å². The van der Waals surface area contributed by atoms with E-state index in [1.807, 2.05) is 0 Å². The Bertz CT molecular complexity index is 580. The minimum Gasteiger partial charge on any atom is -0.296 e. The zero-order valence-electron chi connectivity index (χ0n) is 9.39. The highest BCUT2D eigenvalue weighted by Gasteiger charge is 2.29. The van der Waals surface area contributed by atoms with E-state index in [-0.39, 0.29) is 5.91 Å². The molecule has 92 valence electrons. The van der Waals surface area contributed by atoms with E-state index in [4.69, 9.17) is 0 Å². The van der Waals surface area contributed by atoms with Gasteiger partial charge in [-0.3, -0.25) is 15.1 Å². The highest BCUT2D eigenvalue weighted by atomic mass is 79.9. The van der Waals surface area contributed by atoms with Crippen LogP contribution in [0.1, 0.15) is 34.9 Å². The number of amides is 1. The second-order valence-corrected chi connectivity index (χ2v) is 6.44. The summed E-state index contributed by atoms with van der Waals surface area (Å²) in [6, 6.07) is 5.25. The van der Waals surface area contributed by atoms with Gasteiger partial charge in [0.1, 0.15) is 5.69 Å². The van der Waals surface area contributed by atoms with Crippen LogP contribution in [0.2, 0.25) is 0 Å². The Labute approximate surface area is 117 Å². The third kappa shape index (κ3) is 2.44. The van der Waals surface area contributed by atoms with Crippen LogP contribution in [-0.4, -0.2) is 15.9 Å². The molecule has 1 saturated carbocycles. The summed E-state index contributed by atoms with van der Waals surface area (Å²) in [5.74, 6) is 0.343. The van der Waals surface area contributed by atoms with Crippen molar-refractivity contribution in [3.05, 3.63) is 39.6 Å². The zero-order chi connectivity index (χ0) is 12.5. The Balaban J connectivity index is 1.76. The third-order valence-electron chi connectivity index (χ3n) is 2.69. The lowest BCUT2D eigenvalue weighted by atomic mass is 10.3. The molecular weight excluding hydrogens is 314 g/mol. The quantitative estimate of drug-likeness (QED) is 0.941. The van der Waals surface area contributed by atoms with Crippen molar-refractivity contribution in [2.24, 2.45) is 0 Å². The molecule has 2 heterocycles. The van der Waals surface area contributed by atoms with Crippen LogP contribution in [0, 0.1) is 0 Å². The number of rotatable bonds is 3. The molecule has 0 atom stereocenters. The number of pyridine rings is 1. The fraction of sp³-hybridized carbons (Fsp3) is 0.250. The first-order valence-electron chi connectivity index (χ1n) is 5.62. The zero-order valence-corrected chi connectivity index (χ0v) is 11.8. The summed E-state index contributed by atoms with van der Waals surface area (Å²) in [4.78, 5) is 20.4. The van der Waals surface area contributed by atoms with Gasteiger partial charge < -0.3 is 0 Å².